The lowest BCUT2D eigenvalue weighted by molar-refractivity contribution is -0.139. The normalized spacial score (nSPS) is 15.9. The number of carbonyl (C=O) groups is 2. The highest BCUT2D eigenvalue weighted by molar-refractivity contribution is 6.37. The molecule has 10 heteroatoms. The number of hydrogen-bond acceptors (Lipinski definition) is 6. The minimum Gasteiger partial charge on any atom is -0.466 e. The van der Waals surface area contributed by atoms with Crippen molar-refractivity contribution in [1.82, 2.24) is 5.32 Å². The van der Waals surface area contributed by atoms with Gasteiger partial charge in [-0.25, -0.2) is 9.59 Å². The molecular weight excluding hydrogens is 474 g/mol. The van der Waals surface area contributed by atoms with Crippen LogP contribution in [0.1, 0.15) is 17.2 Å². The van der Waals surface area contributed by atoms with Crippen LogP contribution in [0.3, 0.4) is 0 Å². The Kier molecular flexibility index (Phi) is 6.93. The summed E-state index contributed by atoms with van der Waals surface area (Å²) in [5.74, 6) is -1.34. The number of ether oxygens (including phenoxy) is 2. The third-order valence-corrected chi connectivity index (χ3v) is 5.39. The monoisotopic (exact) mass is 486 g/mol. The van der Waals surface area contributed by atoms with Crippen LogP contribution in [0.5, 0.6) is 0 Å². The summed E-state index contributed by atoms with van der Waals surface area (Å²) >= 11 is 24.7. The van der Waals surface area contributed by atoms with Gasteiger partial charge in [-0.05, 0) is 30.3 Å². The molecule has 0 fully saturated rings. The van der Waals surface area contributed by atoms with Crippen molar-refractivity contribution >= 4 is 64.2 Å². The van der Waals surface area contributed by atoms with Crippen molar-refractivity contribution < 1.29 is 19.1 Å². The van der Waals surface area contributed by atoms with Gasteiger partial charge >= 0.3 is 11.9 Å². The fourth-order valence-electron chi connectivity index (χ4n) is 2.90. The molecule has 2 aromatic rings. The van der Waals surface area contributed by atoms with Crippen LogP contribution in [-0.4, -0.2) is 32.0 Å². The van der Waals surface area contributed by atoms with E-state index in [4.69, 9.17) is 55.9 Å². The Morgan fingerprint density at radius 1 is 0.900 bits per heavy atom. The first-order chi connectivity index (χ1) is 14.3. The van der Waals surface area contributed by atoms with E-state index in [1.165, 1.54) is 26.4 Å². The molecule has 0 bridgehead atoms. The fourth-order valence-corrected chi connectivity index (χ4v) is 3.91. The first-order valence-electron chi connectivity index (χ1n) is 8.42. The summed E-state index contributed by atoms with van der Waals surface area (Å²) in [5.41, 5.74) is 0.687. The van der Waals surface area contributed by atoms with Crippen molar-refractivity contribution in [1.29, 1.82) is 0 Å². The Bertz CT molecular complexity index is 1100. The van der Waals surface area contributed by atoms with Crippen molar-refractivity contribution in [3.05, 3.63) is 78.9 Å². The number of nitrogens with one attached hydrogen (secondary N) is 1. The minimum atomic E-state index is -0.987. The lowest BCUT2D eigenvalue weighted by Gasteiger charge is -2.27. The number of esters is 2. The minimum absolute atomic E-state index is 0.0672. The number of halogens is 4. The highest BCUT2D eigenvalue weighted by Gasteiger charge is 2.36. The molecule has 1 aliphatic heterocycles. The SMILES string of the molecule is COC(=O)C1=C(C(=O)OC)[C@H](c2ccc(Cl)cc2Cl)N=C(c2ccc(Cl)cc2Cl)N1. The average Bonchev–Trinajstić information content (AvgIpc) is 2.71. The average molecular weight is 488 g/mol. The van der Waals surface area contributed by atoms with Gasteiger partial charge in [-0.3, -0.25) is 4.99 Å². The molecule has 1 heterocycles. The van der Waals surface area contributed by atoms with Crippen LogP contribution < -0.4 is 5.32 Å². The van der Waals surface area contributed by atoms with E-state index >= 15 is 0 Å². The molecule has 0 aliphatic carbocycles. The van der Waals surface area contributed by atoms with E-state index in [0.717, 1.165) is 0 Å². The van der Waals surface area contributed by atoms with Gasteiger partial charge in [0, 0.05) is 26.2 Å². The summed E-state index contributed by atoms with van der Waals surface area (Å²) < 4.78 is 9.74. The van der Waals surface area contributed by atoms with Crippen molar-refractivity contribution in [3.8, 4) is 0 Å². The molecule has 3 rings (SSSR count). The number of rotatable bonds is 4. The summed E-state index contributed by atoms with van der Waals surface area (Å²) in [6.45, 7) is 0. The standard InChI is InChI=1S/C20H14Cl4N2O4/c1-29-19(27)15-16(11-5-3-9(21)7-13(11)23)25-18(26-17(15)20(28)30-2)12-6-4-10(22)8-14(12)24/h3-8,16H,1-2H3,(H,25,26)/t16-/m0/s1. The van der Waals surface area contributed by atoms with Crippen molar-refractivity contribution in [3.63, 3.8) is 0 Å². The summed E-state index contributed by atoms with van der Waals surface area (Å²) in [5, 5.41) is 4.21. The number of hydrogen-bond donors (Lipinski definition) is 1. The molecule has 1 atom stereocenters. The molecule has 1 aliphatic rings. The van der Waals surface area contributed by atoms with Gasteiger partial charge < -0.3 is 14.8 Å². The van der Waals surface area contributed by atoms with Crippen molar-refractivity contribution in [2.75, 3.05) is 14.2 Å². The van der Waals surface area contributed by atoms with Crippen LogP contribution in [0, 0.1) is 0 Å². The molecule has 0 amide bonds. The molecule has 6 nitrogen and oxygen atoms in total. The third-order valence-electron chi connectivity index (χ3n) is 4.28. The molecule has 0 unspecified atom stereocenters. The highest BCUT2D eigenvalue weighted by Crippen LogP contribution is 2.38. The van der Waals surface area contributed by atoms with E-state index < -0.39 is 18.0 Å². The second-order valence-electron chi connectivity index (χ2n) is 6.07. The second-order valence-corrected chi connectivity index (χ2v) is 7.75. The lowest BCUT2D eigenvalue weighted by Crippen LogP contribution is -2.37. The molecule has 0 aromatic heterocycles. The number of benzene rings is 2. The zero-order valence-corrected chi connectivity index (χ0v) is 18.7. The molecule has 30 heavy (non-hydrogen) atoms. The van der Waals surface area contributed by atoms with Gasteiger partial charge in [0.25, 0.3) is 0 Å². The third kappa shape index (κ3) is 4.42. The quantitative estimate of drug-likeness (QED) is 0.614. The van der Waals surface area contributed by atoms with E-state index in [-0.39, 0.29) is 22.1 Å². The molecular formula is C20H14Cl4N2O4. The number of aliphatic imine (C=N–C) groups is 1. The zero-order valence-electron chi connectivity index (χ0n) is 15.6. The van der Waals surface area contributed by atoms with Crippen LogP contribution in [0.2, 0.25) is 20.1 Å². The van der Waals surface area contributed by atoms with E-state index in [1.807, 2.05) is 0 Å². The van der Waals surface area contributed by atoms with Gasteiger partial charge in [0.1, 0.15) is 17.6 Å². The number of methoxy groups -OCH3 is 2. The summed E-state index contributed by atoms with van der Waals surface area (Å²) in [4.78, 5) is 29.7. The first kappa shape index (κ1) is 22.4. The predicted octanol–water partition coefficient (Wildman–Crippen LogP) is 4.99. The summed E-state index contributed by atoms with van der Waals surface area (Å²) in [6.07, 6.45) is 0. The molecule has 0 saturated carbocycles. The highest BCUT2D eigenvalue weighted by atomic mass is 35.5. The number of nitrogens with zero attached hydrogens (tertiary/aromatic N) is 1. The first-order valence-corrected chi connectivity index (χ1v) is 9.94. The fraction of sp³-hybridized carbons (Fsp3) is 0.150. The van der Waals surface area contributed by atoms with Crippen molar-refractivity contribution in [2.24, 2.45) is 4.99 Å². The van der Waals surface area contributed by atoms with Gasteiger partial charge in [-0.15, -0.1) is 0 Å². The topological polar surface area (TPSA) is 77.0 Å². The van der Waals surface area contributed by atoms with Crippen LogP contribution >= 0.6 is 46.4 Å². The number of carbonyl (C=O) groups excluding carboxylic acids is 2. The van der Waals surface area contributed by atoms with Crippen LogP contribution in [0.15, 0.2) is 52.7 Å². The summed E-state index contributed by atoms with van der Waals surface area (Å²) in [6, 6.07) is 8.52. The van der Waals surface area contributed by atoms with E-state index in [2.05, 4.69) is 10.3 Å². The number of amidine groups is 1. The molecule has 0 saturated heterocycles. The Morgan fingerprint density at radius 2 is 1.50 bits per heavy atom. The van der Waals surface area contributed by atoms with Gasteiger partial charge in [0.05, 0.1) is 24.8 Å². The molecule has 0 radical (unpaired) electrons. The van der Waals surface area contributed by atoms with E-state index in [9.17, 15) is 9.59 Å². The smallest absolute Gasteiger partial charge is 0.355 e. The zero-order chi connectivity index (χ0) is 22.0. The Morgan fingerprint density at radius 3 is 2.07 bits per heavy atom. The van der Waals surface area contributed by atoms with Gasteiger partial charge in [-0.1, -0.05) is 52.5 Å². The molecule has 156 valence electrons. The maximum Gasteiger partial charge on any atom is 0.355 e. The van der Waals surface area contributed by atoms with Gasteiger partial charge in [0.2, 0.25) is 0 Å². The largest absolute Gasteiger partial charge is 0.466 e. The summed E-state index contributed by atoms with van der Waals surface area (Å²) in [7, 11) is 2.39. The van der Waals surface area contributed by atoms with Gasteiger partial charge in [0.15, 0.2) is 0 Å². The molecule has 1 N–H and O–H groups in total. The van der Waals surface area contributed by atoms with Crippen molar-refractivity contribution in [2.45, 2.75) is 6.04 Å². The molecule has 2 aromatic carbocycles. The Hall–Kier alpha value is -2.25. The maximum absolute atomic E-state index is 12.6. The Balaban J connectivity index is 2.27. The molecule has 0 spiro atoms. The van der Waals surface area contributed by atoms with Crippen LogP contribution in [0.4, 0.5) is 0 Å². The maximum atomic E-state index is 12.6. The van der Waals surface area contributed by atoms with E-state index in [1.54, 1.807) is 24.3 Å². The van der Waals surface area contributed by atoms with E-state index in [0.29, 0.717) is 26.2 Å². The second kappa shape index (κ2) is 9.27. The predicted molar refractivity (Wildman–Crippen MR) is 116 cm³/mol. The Labute approximate surface area is 192 Å². The van der Waals surface area contributed by atoms with Gasteiger partial charge in [-0.2, -0.15) is 0 Å². The lowest BCUT2D eigenvalue weighted by atomic mass is 9.95. The van der Waals surface area contributed by atoms with Crippen LogP contribution in [-0.2, 0) is 19.1 Å². The van der Waals surface area contributed by atoms with Crippen LogP contribution in [0.25, 0.3) is 0 Å².